The van der Waals surface area contributed by atoms with Gasteiger partial charge in [-0.1, -0.05) is 19.3 Å². The molecular weight excluding hydrogens is 336 g/mol. The number of hydrogen-bond donors (Lipinski definition) is 1. The Morgan fingerprint density at radius 1 is 0.556 bits per heavy atom. The minimum absolute atomic E-state index is 0.100. The van der Waals surface area contributed by atoms with Gasteiger partial charge in [0.15, 0.2) is 0 Å². The number of fused-ring (bicyclic) bond motifs is 1. The van der Waals surface area contributed by atoms with Crippen LogP contribution in [0.15, 0.2) is 0 Å². The fourth-order valence-corrected chi connectivity index (χ4v) is 6.92. The molecule has 4 rings (SSSR count). The maximum atomic E-state index is 9.03. The quantitative estimate of drug-likeness (QED) is 0.603. The van der Waals surface area contributed by atoms with Crippen LogP contribution < -0.4 is 0 Å². The molecule has 0 heterocycles. The monoisotopic (exact) mass is 378 g/mol. The first kappa shape index (κ1) is 20.2. The van der Waals surface area contributed by atoms with Gasteiger partial charge in [-0.15, -0.1) is 0 Å². The number of aliphatic hydroxyl groups excluding tert-OH is 1. The van der Waals surface area contributed by atoms with E-state index in [2.05, 4.69) is 0 Å². The standard InChI is InChI=1S/C24H42O3/c25-17-27-24-13-10-21-14-20(6-7-22(21)15-24)19-8-11-23(12-9-19)26-16-18-4-2-1-3-5-18/h18-25H,1-17H2. The molecule has 0 radical (unpaired) electrons. The number of rotatable bonds is 6. The molecule has 1 N–H and O–H groups in total. The topological polar surface area (TPSA) is 38.7 Å². The van der Waals surface area contributed by atoms with E-state index in [1.165, 1.54) is 89.9 Å². The van der Waals surface area contributed by atoms with Crippen molar-refractivity contribution in [3.8, 4) is 0 Å². The number of aliphatic hydroxyl groups is 1. The molecule has 0 saturated heterocycles. The zero-order chi connectivity index (χ0) is 18.5. The van der Waals surface area contributed by atoms with Crippen molar-refractivity contribution in [2.75, 3.05) is 13.4 Å². The molecule has 4 aliphatic carbocycles. The van der Waals surface area contributed by atoms with Crippen molar-refractivity contribution in [2.45, 2.75) is 109 Å². The predicted octanol–water partition coefficient (Wildman–Crippen LogP) is 5.69. The first-order valence-corrected chi connectivity index (χ1v) is 12.2. The van der Waals surface area contributed by atoms with E-state index in [0.717, 1.165) is 42.6 Å². The summed E-state index contributed by atoms with van der Waals surface area (Å²) in [7, 11) is 0. The average Bonchev–Trinajstić information content (AvgIpc) is 2.73. The van der Waals surface area contributed by atoms with Crippen LogP contribution in [0.25, 0.3) is 0 Å². The van der Waals surface area contributed by atoms with Crippen LogP contribution in [-0.2, 0) is 9.47 Å². The van der Waals surface area contributed by atoms with E-state index in [-0.39, 0.29) is 6.79 Å². The summed E-state index contributed by atoms with van der Waals surface area (Å²) in [4.78, 5) is 0. The van der Waals surface area contributed by atoms with Gasteiger partial charge in [0.1, 0.15) is 6.79 Å². The highest BCUT2D eigenvalue weighted by atomic mass is 16.6. The van der Waals surface area contributed by atoms with Crippen LogP contribution in [0.3, 0.4) is 0 Å². The molecule has 27 heavy (non-hydrogen) atoms. The van der Waals surface area contributed by atoms with Gasteiger partial charge in [-0.05, 0) is 107 Å². The van der Waals surface area contributed by atoms with E-state index in [4.69, 9.17) is 14.6 Å². The highest BCUT2D eigenvalue weighted by Crippen LogP contribution is 2.48. The van der Waals surface area contributed by atoms with Crippen molar-refractivity contribution >= 4 is 0 Å². The Balaban J connectivity index is 1.16. The lowest BCUT2D eigenvalue weighted by atomic mass is 9.62. The van der Waals surface area contributed by atoms with E-state index in [0.29, 0.717) is 12.2 Å². The Morgan fingerprint density at radius 3 is 1.89 bits per heavy atom. The summed E-state index contributed by atoms with van der Waals surface area (Å²) in [5, 5.41) is 9.03. The van der Waals surface area contributed by atoms with Crippen LogP contribution >= 0.6 is 0 Å². The lowest BCUT2D eigenvalue weighted by Gasteiger charge is -2.45. The van der Waals surface area contributed by atoms with Crippen LogP contribution in [0, 0.1) is 29.6 Å². The van der Waals surface area contributed by atoms with Gasteiger partial charge in [-0.25, -0.2) is 0 Å². The molecule has 0 spiro atoms. The third-order valence-corrected chi connectivity index (χ3v) is 8.59. The first-order chi connectivity index (χ1) is 13.3. The summed E-state index contributed by atoms with van der Waals surface area (Å²) in [6, 6.07) is 0. The summed E-state index contributed by atoms with van der Waals surface area (Å²) in [6.07, 6.45) is 21.4. The van der Waals surface area contributed by atoms with Gasteiger partial charge in [0, 0.05) is 6.61 Å². The molecule has 0 aromatic carbocycles. The minimum Gasteiger partial charge on any atom is -0.378 e. The predicted molar refractivity (Wildman–Crippen MR) is 108 cm³/mol. The van der Waals surface area contributed by atoms with Gasteiger partial charge in [0.25, 0.3) is 0 Å². The lowest BCUT2D eigenvalue weighted by Crippen LogP contribution is -2.37. The zero-order valence-corrected chi connectivity index (χ0v) is 17.3. The SMILES string of the molecule is OCOC1CCC2CC(C3CCC(OCC4CCCCC4)CC3)CCC2C1. The third kappa shape index (κ3) is 5.48. The molecule has 0 aromatic rings. The van der Waals surface area contributed by atoms with Crippen LogP contribution in [0.2, 0.25) is 0 Å². The summed E-state index contributed by atoms with van der Waals surface area (Å²) < 4.78 is 11.8. The first-order valence-electron chi connectivity index (χ1n) is 12.2. The fourth-order valence-electron chi connectivity index (χ4n) is 6.92. The van der Waals surface area contributed by atoms with Gasteiger partial charge < -0.3 is 14.6 Å². The minimum atomic E-state index is -0.100. The van der Waals surface area contributed by atoms with Crippen molar-refractivity contribution in [1.29, 1.82) is 0 Å². The fraction of sp³-hybridized carbons (Fsp3) is 1.00. The molecule has 4 unspecified atom stereocenters. The van der Waals surface area contributed by atoms with Gasteiger partial charge in [-0.3, -0.25) is 0 Å². The Bertz CT molecular complexity index is 425. The summed E-state index contributed by atoms with van der Waals surface area (Å²) in [5.74, 6) is 4.59. The molecule has 0 aliphatic heterocycles. The Morgan fingerprint density at radius 2 is 1.15 bits per heavy atom. The molecule has 3 nitrogen and oxygen atoms in total. The summed E-state index contributed by atoms with van der Waals surface area (Å²) in [6.45, 7) is 0.941. The van der Waals surface area contributed by atoms with E-state index in [1.807, 2.05) is 0 Å². The normalized spacial score (nSPS) is 41.2. The molecular formula is C24H42O3. The van der Waals surface area contributed by atoms with Crippen molar-refractivity contribution in [3.63, 3.8) is 0 Å². The van der Waals surface area contributed by atoms with E-state index in [9.17, 15) is 0 Å². The van der Waals surface area contributed by atoms with Crippen molar-refractivity contribution in [2.24, 2.45) is 29.6 Å². The largest absolute Gasteiger partial charge is 0.378 e. The third-order valence-electron chi connectivity index (χ3n) is 8.59. The summed E-state index contributed by atoms with van der Waals surface area (Å²) in [5.41, 5.74) is 0. The summed E-state index contributed by atoms with van der Waals surface area (Å²) >= 11 is 0. The number of ether oxygens (including phenoxy) is 2. The van der Waals surface area contributed by atoms with E-state index in [1.54, 1.807) is 0 Å². The molecule has 0 amide bonds. The van der Waals surface area contributed by atoms with Crippen LogP contribution in [0.1, 0.15) is 96.3 Å². The molecule has 3 heteroatoms. The molecule has 156 valence electrons. The van der Waals surface area contributed by atoms with Crippen LogP contribution in [0.5, 0.6) is 0 Å². The second-order valence-electron chi connectivity index (χ2n) is 10.2. The van der Waals surface area contributed by atoms with Gasteiger partial charge in [-0.2, -0.15) is 0 Å². The second-order valence-corrected chi connectivity index (χ2v) is 10.2. The molecule has 4 atom stereocenters. The van der Waals surface area contributed by atoms with E-state index >= 15 is 0 Å². The Hall–Kier alpha value is -0.120. The maximum absolute atomic E-state index is 9.03. The smallest absolute Gasteiger partial charge is 0.143 e. The maximum Gasteiger partial charge on any atom is 0.143 e. The average molecular weight is 379 g/mol. The number of hydrogen-bond acceptors (Lipinski definition) is 3. The van der Waals surface area contributed by atoms with Crippen molar-refractivity contribution in [1.82, 2.24) is 0 Å². The molecule has 0 bridgehead atoms. The van der Waals surface area contributed by atoms with E-state index < -0.39 is 0 Å². The molecule has 4 fully saturated rings. The van der Waals surface area contributed by atoms with Crippen molar-refractivity contribution in [3.05, 3.63) is 0 Å². The molecule has 0 aromatic heterocycles. The second kappa shape index (κ2) is 10.1. The van der Waals surface area contributed by atoms with Crippen LogP contribution in [-0.4, -0.2) is 30.7 Å². The molecule has 4 aliphatic rings. The Labute approximate surface area is 166 Å². The van der Waals surface area contributed by atoms with Gasteiger partial charge in [0.2, 0.25) is 0 Å². The Kier molecular flexibility index (Phi) is 7.52. The zero-order valence-electron chi connectivity index (χ0n) is 17.3. The molecule has 4 saturated carbocycles. The lowest BCUT2D eigenvalue weighted by molar-refractivity contribution is -0.0864. The highest BCUT2D eigenvalue weighted by molar-refractivity contribution is 4.90. The van der Waals surface area contributed by atoms with Gasteiger partial charge in [0.05, 0.1) is 12.2 Å². The van der Waals surface area contributed by atoms with Crippen molar-refractivity contribution < 1.29 is 14.6 Å². The van der Waals surface area contributed by atoms with Gasteiger partial charge >= 0.3 is 0 Å². The van der Waals surface area contributed by atoms with Crippen LogP contribution in [0.4, 0.5) is 0 Å². The highest BCUT2D eigenvalue weighted by Gasteiger charge is 2.39.